The smallest absolute Gasteiger partial charge is 0.331 e. The Hall–Kier alpha value is -1.36. The van der Waals surface area contributed by atoms with Crippen LogP contribution >= 0.6 is 0 Å². The number of esters is 2. The minimum absolute atomic E-state index is 0.0894. The molecule has 2 saturated heterocycles. The van der Waals surface area contributed by atoms with Gasteiger partial charge in [0, 0.05) is 12.0 Å². The van der Waals surface area contributed by atoms with Crippen molar-refractivity contribution >= 4 is 11.9 Å². The Balaban J connectivity index is 1.73. The van der Waals surface area contributed by atoms with E-state index in [1.54, 1.807) is 6.08 Å². The number of ether oxygens (including phenoxy) is 3. The molecule has 124 valence electrons. The second kappa shape index (κ2) is 3.82. The predicted molar refractivity (Wildman–Crippen MR) is 79.3 cm³/mol. The molecule has 0 aromatic rings. The average Bonchev–Trinajstić information content (AvgIpc) is 3.17. The Morgan fingerprint density at radius 1 is 1.17 bits per heavy atom. The van der Waals surface area contributed by atoms with Crippen LogP contribution in [-0.4, -0.2) is 35.9 Å². The third-order valence-corrected chi connectivity index (χ3v) is 7.19. The summed E-state index contributed by atoms with van der Waals surface area (Å²) in [6.07, 6.45) is 4.51. The average molecular weight is 318 g/mol. The quantitative estimate of drug-likeness (QED) is 0.547. The highest BCUT2D eigenvalue weighted by Crippen LogP contribution is 2.72. The van der Waals surface area contributed by atoms with Crippen LogP contribution in [0, 0.1) is 16.7 Å². The fourth-order valence-electron chi connectivity index (χ4n) is 6.28. The molecular weight excluding hydrogens is 296 g/mol. The Kier molecular flexibility index (Phi) is 2.33. The van der Waals surface area contributed by atoms with Crippen LogP contribution in [0.25, 0.3) is 0 Å². The van der Waals surface area contributed by atoms with E-state index in [4.69, 9.17) is 14.2 Å². The number of carbonyl (C=O) groups excluding carboxylic acids is 2. The molecule has 5 rings (SSSR count). The van der Waals surface area contributed by atoms with Crippen molar-refractivity contribution in [1.82, 2.24) is 0 Å². The number of hydrogen-bond donors (Lipinski definition) is 0. The number of rotatable bonds is 1. The molecule has 0 radical (unpaired) electrons. The SMILES string of the molecule is CC[C@H]1OC(=O)C=C2[C@@]13O[C@@H]3C1OC(=O)[C@@]3(C)CCC[C@@]2(C)[C@@H]13. The highest BCUT2D eigenvalue weighted by Gasteiger charge is 2.82. The van der Waals surface area contributed by atoms with Gasteiger partial charge in [-0.1, -0.05) is 20.3 Å². The zero-order valence-corrected chi connectivity index (χ0v) is 13.8. The lowest BCUT2D eigenvalue weighted by Gasteiger charge is -2.53. The van der Waals surface area contributed by atoms with Crippen LogP contribution in [0.2, 0.25) is 0 Å². The third kappa shape index (κ3) is 1.32. The Morgan fingerprint density at radius 3 is 2.65 bits per heavy atom. The molecular formula is C18H22O5. The molecule has 0 N–H and O–H groups in total. The van der Waals surface area contributed by atoms with Gasteiger partial charge in [0.05, 0.1) is 5.41 Å². The van der Waals surface area contributed by atoms with Crippen LogP contribution in [0.1, 0.15) is 46.5 Å². The fourth-order valence-corrected chi connectivity index (χ4v) is 6.28. The van der Waals surface area contributed by atoms with Gasteiger partial charge < -0.3 is 14.2 Å². The van der Waals surface area contributed by atoms with E-state index in [2.05, 4.69) is 6.92 Å². The van der Waals surface area contributed by atoms with E-state index in [9.17, 15) is 9.59 Å². The molecule has 2 saturated carbocycles. The molecule has 1 spiro atoms. The zero-order chi connectivity index (χ0) is 16.2. The molecule has 0 aromatic heterocycles. The van der Waals surface area contributed by atoms with Crippen LogP contribution in [0.5, 0.6) is 0 Å². The Labute approximate surface area is 135 Å². The van der Waals surface area contributed by atoms with Gasteiger partial charge in [0.25, 0.3) is 0 Å². The molecule has 0 bridgehead atoms. The van der Waals surface area contributed by atoms with Gasteiger partial charge in [0.2, 0.25) is 0 Å². The van der Waals surface area contributed by atoms with Crippen molar-refractivity contribution in [3.05, 3.63) is 11.6 Å². The molecule has 2 aliphatic carbocycles. The monoisotopic (exact) mass is 318 g/mol. The second-order valence-corrected chi connectivity index (χ2v) is 8.26. The van der Waals surface area contributed by atoms with E-state index >= 15 is 0 Å². The van der Waals surface area contributed by atoms with Crippen molar-refractivity contribution in [3.63, 3.8) is 0 Å². The van der Waals surface area contributed by atoms with Crippen LogP contribution in [0.3, 0.4) is 0 Å². The summed E-state index contributed by atoms with van der Waals surface area (Å²) in [7, 11) is 0. The molecule has 1 unspecified atom stereocenters. The lowest BCUT2D eigenvalue weighted by atomic mass is 9.47. The first kappa shape index (κ1) is 14.0. The summed E-state index contributed by atoms with van der Waals surface area (Å²) in [6, 6.07) is 0. The summed E-state index contributed by atoms with van der Waals surface area (Å²) in [5, 5.41) is 0. The molecule has 0 aromatic carbocycles. The maximum absolute atomic E-state index is 12.6. The predicted octanol–water partition coefficient (Wildman–Crippen LogP) is 2.14. The largest absolute Gasteiger partial charge is 0.459 e. The first-order valence-electron chi connectivity index (χ1n) is 8.70. The highest BCUT2D eigenvalue weighted by molar-refractivity contribution is 5.87. The number of hydrogen-bond acceptors (Lipinski definition) is 5. The van der Waals surface area contributed by atoms with Gasteiger partial charge in [-0.25, -0.2) is 4.79 Å². The minimum atomic E-state index is -0.554. The van der Waals surface area contributed by atoms with Crippen LogP contribution in [0.15, 0.2) is 11.6 Å². The first-order chi connectivity index (χ1) is 10.9. The first-order valence-corrected chi connectivity index (χ1v) is 8.70. The summed E-state index contributed by atoms with van der Waals surface area (Å²) in [6.45, 7) is 6.24. The Morgan fingerprint density at radius 2 is 1.91 bits per heavy atom. The molecule has 5 heteroatoms. The van der Waals surface area contributed by atoms with Crippen molar-refractivity contribution in [1.29, 1.82) is 0 Å². The van der Waals surface area contributed by atoms with Gasteiger partial charge >= 0.3 is 11.9 Å². The molecule has 0 amide bonds. The maximum Gasteiger partial charge on any atom is 0.331 e. The van der Waals surface area contributed by atoms with Gasteiger partial charge in [-0.05, 0) is 37.2 Å². The van der Waals surface area contributed by atoms with E-state index < -0.39 is 11.0 Å². The molecule has 7 atom stereocenters. The zero-order valence-electron chi connectivity index (χ0n) is 13.8. The number of cyclic esters (lactones) is 1. The minimum Gasteiger partial charge on any atom is -0.459 e. The fraction of sp³-hybridized carbons (Fsp3) is 0.778. The lowest BCUT2D eigenvalue weighted by Crippen LogP contribution is -2.59. The van der Waals surface area contributed by atoms with Crippen LogP contribution in [-0.2, 0) is 23.8 Å². The third-order valence-electron chi connectivity index (χ3n) is 7.19. The van der Waals surface area contributed by atoms with Crippen molar-refractivity contribution in [2.75, 3.05) is 0 Å². The summed E-state index contributed by atoms with van der Waals surface area (Å²) >= 11 is 0. The number of fused-ring (bicyclic) bond motifs is 2. The molecule has 5 aliphatic rings. The summed E-state index contributed by atoms with van der Waals surface area (Å²) in [4.78, 5) is 24.7. The molecule has 4 fully saturated rings. The van der Waals surface area contributed by atoms with E-state index in [1.807, 2.05) is 13.8 Å². The van der Waals surface area contributed by atoms with Crippen molar-refractivity contribution < 1.29 is 23.8 Å². The van der Waals surface area contributed by atoms with E-state index in [1.165, 1.54) is 0 Å². The van der Waals surface area contributed by atoms with Crippen LogP contribution < -0.4 is 0 Å². The van der Waals surface area contributed by atoms with Gasteiger partial charge in [-0.2, -0.15) is 0 Å². The Bertz CT molecular complexity index is 668. The van der Waals surface area contributed by atoms with Crippen molar-refractivity contribution in [2.45, 2.75) is 70.4 Å². The van der Waals surface area contributed by atoms with Gasteiger partial charge in [-0.3, -0.25) is 4.79 Å². The number of epoxide rings is 1. The molecule has 3 heterocycles. The maximum atomic E-state index is 12.6. The van der Waals surface area contributed by atoms with Gasteiger partial charge in [0.1, 0.15) is 18.3 Å². The van der Waals surface area contributed by atoms with Crippen molar-refractivity contribution in [3.8, 4) is 0 Å². The van der Waals surface area contributed by atoms with Gasteiger partial charge in [0.15, 0.2) is 5.60 Å². The number of carbonyl (C=O) groups is 2. The van der Waals surface area contributed by atoms with E-state index in [-0.39, 0.29) is 41.6 Å². The summed E-state index contributed by atoms with van der Waals surface area (Å²) < 4.78 is 17.6. The van der Waals surface area contributed by atoms with Crippen LogP contribution in [0.4, 0.5) is 0 Å². The molecule has 5 nitrogen and oxygen atoms in total. The highest BCUT2D eigenvalue weighted by atomic mass is 16.7. The lowest BCUT2D eigenvalue weighted by molar-refractivity contribution is -0.150. The molecule has 23 heavy (non-hydrogen) atoms. The standard InChI is InChI=1S/C18H22O5/c1-4-10-18-9(8-11(19)21-10)16(2)6-5-7-17(3)13(16)12(14(18)23-18)22-15(17)20/h8,10,12-14H,4-7H2,1-3H3/t10-,12?,13-,14-,16-,17+,18-/m1/s1. The van der Waals surface area contributed by atoms with E-state index in [0.717, 1.165) is 24.8 Å². The van der Waals surface area contributed by atoms with Crippen molar-refractivity contribution in [2.24, 2.45) is 16.7 Å². The van der Waals surface area contributed by atoms with E-state index in [0.29, 0.717) is 6.42 Å². The normalized spacial score (nSPS) is 55.9. The van der Waals surface area contributed by atoms with Gasteiger partial charge in [-0.15, -0.1) is 0 Å². The molecule has 3 aliphatic heterocycles. The summed E-state index contributed by atoms with van der Waals surface area (Å²) in [5.74, 6) is -0.279. The topological polar surface area (TPSA) is 65.1 Å². The second-order valence-electron chi connectivity index (χ2n) is 8.26. The summed E-state index contributed by atoms with van der Waals surface area (Å²) in [5.41, 5.74) is -0.186.